The Bertz CT molecular complexity index is 549. The third-order valence-corrected chi connectivity index (χ3v) is 4.66. The van der Waals surface area contributed by atoms with E-state index in [0.717, 1.165) is 5.56 Å². The van der Waals surface area contributed by atoms with E-state index in [2.05, 4.69) is 34.6 Å². The first-order chi connectivity index (χ1) is 9.16. The molecule has 0 aromatic heterocycles. The largest absolute Gasteiger partial charge is 0.399 e. The van der Waals surface area contributed by atoms with Crippen LogP contribution in [0.3, 0.4) is 0 Å². The monoisotopic (exact) mass is 277 g/mol. The van der Waals surface area contributed by atoms with Crippen LogP contribution in [0.1, 0.15) is 40.2 Å². The van der Waals surface area contributed by atoms with Crippen LogP contribution in [-0.2, 0) is 20.3 Å². The Morgan fingerprint density at radius 2 is 1.85 bits per heavy atom. The number of nitrogen functional groups attached to an aromatic ring is 1. The number of fused-ring (bicyclic) bond motifs is 1. The Hall–Kier alpha value is -1.10. The molecule has 2 N–H and O–H groups in total. The van der Waals surface area contributed by atoms with Crippen molar-refractivity contribution in [3.05, 3.63) is 29.8 Å². The molecule has 4 nitrogen and oxygen atoms in total. The molecule has 0 bridgehead atoms. The second-order valence-corrected chi connectivity index (χ2v) is 7.51. The van der Waals surface area contributed by atoms with Gasteiger partial charge in [0.1, 0.15) is 0 Å². The number of anilines is 1. The number of nitrogens with two attached hydrogens (primary N) is 1. The van der Waals surface area contributed by atoms with Crippen molar-refractivity contribution in [3.63, 3.8) is 0 Å². The molecule has 0 radical (unpaired) electrons. The maximum Gasteiger partial charge on any atom is 0.261 e. The molecule has 3 rings (SSSR count). The highest BCUT2D eigenvalue weighted by Gasteiger charge is 2.81. The summed E-state index contributed by atoms with van der Waals surface area (Å²) in [5.74, 6) is -0.871. The zero-order valence-corrected chi connectivity index (χ0v) is 12.8. The Morgan fingerprint density at radius 3 is 2.35 bits per heavy atom. The molecule has 0 saturated carbocycles. The van der Waals surface area contributed by atoms with E-state index in [4.69, 9.17) is 20.2 Å². The molecule has 0 aliphatic carbocycles. The Kier molecular flexibility index (Phi) is 2.60. The van der Waals surface area contributed by atoms with Crippen LogP contribution in [0.5, 0.6) is 0 Å². The molecule has 20 heavy (non-hydrogen) atoms. The van der Waals surface area contributed by atoms with Crippen molar-refractivity contribution in [2.75, 3.05) is 12.3 Å². The summed E-state index contributed by atoms with van der Waals surface area (Å²) in [5.41, 5.74) is 6.70. The molecule has 4 heteroatoms. The summed E-state index contributed by atoms with van der Waals surface area (Å²) in [6, 6.07) is 7.67. The molecule has 2 unspecified atom stereocenters. The van der Waals surface area contributed by atoms with Gasteiger partial charge in [0, 0.05) is 22.1 Å². The van der Waals surface area contributed by atoms with E-state index in [1.807, 2.05) is 24.3 Å². The molecule has 2 heterocycles. The smallest absolute Gasteiger partial charge is 0.261 e. The summed E-state index contributed by atoms with van der Waals surface area (Å²) in [6.45, 7) is 11.4. The van der Waals surface area contributed by atoms with Crippen molar-refractivity contribution in [2.24, 2.45) is 10.8 Å². The number of hydrogen-bond donors (Lipinski definition) is 1. The number of benzene rings is 1. The summed E-state index contributed by atoms with van der Waals surface area (Å²) in [6.07, 6.45) is 0. The fourth-order valence-corrected chi connectivity index (χ4v) is 3.98. The average Bonchev–Trinajstić information content (AvgIpc) is 2.41. The first-order valence-electron chi connectivity index (χ1n) is 7.03. The number of rotatable bonds is 1. The first-order valence-corrected chi connectivity index (χ1v) is 7.03. The van der Waals surface area contributed by atoms with Crippen molar-refractivity contribution in [3.8, 4) is 0 Å². The van der Waals surface area contributed by atoms with E-state index in [1.54, 1.807) is 0 Å². The molecule has 110 valence electrons. The lowest BCUT2D eigenvalue weighted by molar-refractivity contribution is -0.626. The van der Waals surface area contributed by atoms with Crippen molar-refractivity contribution >= 4 is 5.69 Å². The van der Waals surface area contributed by atoms with Gasteiger partial charge in [0.15, 0.2) is 5.60 Å². The van der Waals surface area contributed by atoms with Crippen LogP contribution in [0.25, 0.3) is 0 Å². The predicted molar refractivity (Wildman–Crippen MR) is 76.6 cm³/mol. The van der Waals surface area contributed by atoms with E-state index in [9.17, 15) is 0 Å². The fourth-order valence-electron chi connectivity index (χ4n) is 3.98. The molecule has 1 aromatic rings. The van der Waals surface area contributed by atoms with Gasteiger partial charge in [-0.25, -0.2) is 4.89 Å². The number of hydrogen-bond acceptors (Lipinski definition) is 4. The molecular weight excluding hydrogens is 254 g/mol. The molecular formula is C16H23NO3. The van der Waals surface area contributed by atoms with Gasteiger partial charge < -0.3 is 10.5 Å². The van der Waals surface area contributed by atoms with E-state index in [1.165, 1.54) is 0 Å². The van der Waals surface area contributed by atoms with Crippen molar-refractivity contribution in [2.45, 2.75) is 46.0 Å². The summed E-state index contributed by atoms with van der Waals surface area (Å²) >= 11 is 0. The molecule has 2 aliphatic heterocycles. The van der Waals surface area contributed by atoms with Gasteiger partial charge in [0.2, 0.25) is 0 Å². The molecule has 0 spiro atoms. The van der Waals surface area contributed by atoms with E-state index < -0.39 is 11.4 Å². The SMILES string of the molecule is CC(C)(C)C12OOC1(c1cccc(N)c1)OCC2(C)C. The Morgan fingerprint density at radius 1 is 1.15 bits per heavy atom. The standard InChI is InChI=1S/C16H23NO3/c1-13(2,3)16-14(4,5)10-18-15(16,19-20-16)11-7-6-8-12(17)9-11/h6-9H,10,17H2,1-5H3. The lowest BCUT2D eigenvalue weighted by Gasteiger charge is -2.61. The fraction of sp³-hybridized carbons (Fsp3) is 0.625. The Balaban J connectivity index is 2.19. The van der Waals surface area contributed by atoms with Gasteiger partial charge in [-0.3, -0.25) is 0 Å². The third-order valence-electron chi connectivity index (χ3n) is 4.66. The second-order valence-electron chi connectivity index (χ2n) is 7.51. The zero-order chi connectivity index (χ0) is 14.8. The topological polar surface area (TPSA) is 53.7 Å². The molecule has 2 atom stereocenters. The van der Waals surface area contributed by atoms with Gasteiger partial charge in [-0.15, -0.1) is 0 Å². The quantitative estimate of drug-likeness (QED) is 0.632. The van der Waals surface area contributed by atoms with Crippen LogP contribution in [-0.4, -0.2) is 12.2 Å². The second kappa shape index (κ2) is 3.75. The van der Waals surface area contributed by atoms with Crippen LogP contribution in [0.2, 0.25) is 0 Å². The molecule has 1 aromatic carbocycles. The van der Waals surface area contributed by atoms with Crippen molar-refractivity contribution < 1.29 is 14.5 Å². The average molecular weight is 277 g/mol. The van der Waals surface area contributed by atoms with E-state index >= 15 is 0 Å². The maximum absolute atomic E-state index is 6.12. The number of ether oxygens (including phenoxy) is 1. The van der Waals surface area contributed by atoms with Crippen LogP contribution in [0, 0.1) is 10.8 Å². The minimum atomic E-state index is -0.871. The van der Waals surface area contributed by atoms with Crippen LogP contribution >= 0.6 is 0 Å². The van der Waals surface area contributed by atoms with Crippen LogP contribution < -0.4 is 5.73 Å². The van der Waals surface area contributed by atoms with Gasteiger partial charge in [0.05, 0.1) is 6.61 Å². The molecule has 0 amide bonds. The third kappa shape index (κ3) is 1.37. The summed E-state index contributed by atoms with van der Waals surface area (Å²) in [4.78, 5) is 11.3. The summed E-state index contributed by atoms with van der Waals surface area (Å²) in [5, 5.41) is 0. The van der Waals surface area contributed by atoms with E-state index in [0.29, 0.717) is 12.3 Å². The molecule has 2 fully saturated rings. The lowest BCUT2D eigenvalue weighted by Crippen LogP contribution is -2.73. The van der Waals surface area contributed by atoms with Gasteiger partial charge in [-0.05, 0) is 12.1 Å². The summed E-state index contributed by atoms with van der Waals surface area (Å²) in [7, 11) is 0. The highest BCUT2D eigenvalue weighted by Crippen LogP contribution is 2.69. The molecule has 2 aliphatic rings. The normalized spacial score (nSPS) is 35.5. The summed E-state index contributed by atoms with van der Waals surface area (Å²) < 4.78 is 6.12. The Labute approximate surface area is 120 Å². The van der Waals surface area contributed by atoms with Gasteiger partial charge >= 0.3 is 0 Å². The minimum Gasteiger partial charge on any atom is -0.399 e. The van der Waals surface area contributed by atoms with Crippen molar-refractivity contribution in [1.82, 2.24) is 0 Å². The van der Waals surface area contributed by atoms with Crippen LogP contribution in [0.15, 0.2) is 24.3 Å². The first kappa shape index (κ1) is 13.9. The van der Waals surface area contributed by atoms with Crippen LogP contribution in [0.4, 0.5) is 5.69 Å². The highest BCUT2D eigenvalue weighted by atomic mass is 17.3. The van der Waals surface area contributed by atoms with Crippen molar-refractivity contribution in [1.29, 1.82) is 0 Å². The maximum atomic E-state index is 6.12. The molecule has 2 saturated heterocycles. The minimum absolute atomic E-state index is 0.143. The van der Waals surface area contributed by atoms with Gasteiger partial charge in [-0.1, -0.05) is 46.8 Å². The predicted octanol–water partition coefficient (Wildman–Crippen LogP) is 3.22. The van der Waals surface area contributed by atoms with E-state index in [-0.39, 0.29) is 10.8 Å². The van der Waals surface area contributed by atoms with Gasteiger partial charge in [0.25, 0.3) is 5.79 Å². The van der Waals surface area contributed by atoms with Gasteiger partial charge in [-0.2, -0.15) is 4.89 Å². The highest BCUT2D eigenvalue weighted by molar-refractivity contribution is 5.44. The lowest BCUT2D eigenvalue weighted by atomic mass is 9.57. The zero-order valence-electron chi connectivity index (χ0n) is 12.8.